The maximum absolute atomic E-state index is 12.1. The highest BCUT2D eigenvalue weighted by atomic mass is 32.2. The summed E-state index contributed by atoms with van der Waals surface area (Å²) in [7, 11) is 2.15. The molecule has 1 aromatic heterocycles. The third-order valence-corrected chi connectivity index (χ3v) is 5.32. The number of hydrogen-bond donors (Lipinski definition) is 1. The number of carbonyl (C=O) groups excluding carboxylic acids is 1. The van der Waals surface area contributed by atoms with E-state index in [1.807, 2.05) is 22.9 Å². The molecule has 2 saturated heterocycles. The van der Waals surface area contributed by atoms with Gasteiger partial charge in [0.25, 0.3) is 0 Å². The van der Waals surface area contributed by atoms with E-state index >= 15 is 0 Å². The monoisotopic (exact) mass is 335 g/mol. The fourth-order valence-electron chi connectivity index (χ4n) is 2.80. The second kappa shape index (κ2) is 7.88. The number of pyridine rings is 1. The number of anilines is 1. The van der Waals surface area contributed by atoms with E-state index in [4.69, 9.17) is 0 Å². The Bertz CT molecular complexity index is 510. The van der Waals surface area contributed by atoms with Gasteiger partial charge < -0.3 is 20.0 Å². The van der Waals surface area contributed by atoms with Crippen LogP contribution < -0.4 is 10.2 Å². The molecule has 0 radical (unpaired) electrons. The van der Waals surface area contributed by atoms with Crippen molar-refractivity contribution < 1.29 is 4.79 Å². The smallest absolute Gasteiger partial charge is 0.317 e. The molecule has 1 N–H and O–H groups in total. The Morgan fingerprint density at radius 2 is 1.91 bits per heavy atom. The SMILES string of the molecule is CN1CCN(c2ccc(CNC(=O)N3CCSCC3)cn2)CC1. The van der Waals surface area contributed by atoms with Crippen molar-refractivity contribution in [1.82, 2.24) is 20.1 Å². The largest absolute Gasteiger partial charge is 0.354 e. The van der Waals surface area contributed by atoms with Gasteiger partial charge in [-0.1, -0.05) is 6.07 Å². The van der Waals surface area contributed by atoms with E-state index in [2.05, 4.69) is 39.3 Å². The molecule has 126 valence electrons. The minimum Gasteiger partial charge on any atom is -0.354 e. The number of carbonyl (C=O) groups is 1. The van der Waals surface area contributed by atoms with Gasteiger partial charge in [-0.3, -0.25) is 0 Å². The number of amides is 2. The van der Waals surface area contributed by atoms with Crippen molar-refractivity contribution in [1.29, 1.82) is 0 Å². The number of likely N-dealkylation sites (N-methyl/N-ethyl adjacent to an activating group) is 1. The van der Waals surface area contributed by atoms with Crippen molar-refractivity contribution in [2.45, 2.75) is 6.54 Å². The number of nitrogens with zero attached hydrogens (tertiary/aromatic N) is 4. The molecule has 2 amide bonds. The molecule has 0 unspecified atom stereocenters. The summed E-state index contributed by atoms with van der Waals surface area (Å²) in [6, 6.07) is 4.16. The van der Waals surface area contributed by atoms with Crippen LogP contribution >= 0.6 is 11.8 Å². The van der Waals surface area contributed by atoms with Crippen molar-refractivity contribution in [3.63, 3.8) is 0 Å². The average Bonchev–Trinajstić information content (AvgIpc) is 2.61. The number of urea groups is 1. The van der Waals surface area contributed by atoms with Gasteiger partial charge >= 0.3 is 6.03 Å². The van der Waals surface area contributed by atoms with Crippen LogP contribution in [0.5, 0.6) is 0 Å². The lowest BCUT2D eigenvalue weighted by atomic mass is 10.2. The normalized spacial score (nSPS) is 19.7. The third-order valence-electron chi connectivity index (χ3n) is 4.38. The summed E-state index contributed by atoms with van der Waals surface area (Å²) in [6.45, 7) is 6.42. The fraction of sp³-hybridized carbons (Fsp3) is 0.625. The van der Waals surface area contributed by atoms with Crippen LogP contribution in [0.15, 0.2) is 18.3 Å². The van der Waals surface area contributed by atoms with Gasteiger partial charge in [0.1, 0.15) is 5.82 Å². The molecule has 3 rings (SSSR count). The molecule has 6 nitrogen and oxygen atoms in total. The maximum atomic E-state index is 12.1. The van der Waals surface area contributed by atoms with Crippen molar-refractivity contribution in [2.75, 3.05) is 62.7 Å². The third kappa shape index (κ3) is 4.51. The number of thioether (sulfide) groups is 1. The van der Waals surface area contributed by atoms with E-state index in [9.17, 15) is 4.79 Å². The van der Waals surface area contributed by atoms with Gasteiger partial charge in [0.05, 0.1) is 0 Å². The summed E-state index contributed by atoms with van der Waals surface area (Å²) in [5.41, 5.74) is 1.04. The van der Waals surface area contributed by atoms with E-state index < -0.39 is 0 Å². The molecule has 0 bridgehead atoms. The number of aromatic nitrogens is 1. The van der Waals surface area contributed by atoms with Crippen LogP contribution in [-0.2, 0) is 6.54 Å². The molecule has 2 fully saturated rings. The molecule has 3 heterocycles. The Balaban J connectivity index is 1.48. The van der Waals surface area contributed by atoms with E-state index in [0.29, 0.717) is 6.54 Å². The first-order valence-electron chi connectivity index (χ1n) is 8.21. The lowest BCUT2D eigenvalue weighted by molar-refractivity contribution is 0.202. The predicted molar refractivity (Wildman–Crippen MR) is 95.1 cm³/mol. The molecule has 1 aromatic rings. The van der Waals surface area contributed by atoms with Gasteiger partial charge in [0.15, 0.2) is 0 Å². The quantitative estimate of drug-likeness (QED) is 0.896. The molecule has 2 aliphatic rings. The lowest BCUT2D eigenvalue weighted by Gasteiger charge is -2.33. The van der Waals surface area contributed by atoms with Crippen LogP contribution in [0, 0.1) is 0 Å². The zero-order valence-electron chi connectivity index (χ0n) is 13.7. The highest BCUT2D eigenvalue weighted by molar-refractivity contribution is 7.99. The van der Waals surface area contributed by atoms with Crippen LogP contribution in [-0.4, -0.2) is 78.6 Å². The second-order valence-corrected chi connectivity index (χ2v) is 7.30. The zero-order chi connectivity index (χ0) is 16.1. The predicted octanol–water partition coefficient (Wildman–Crippen LogP) is 1.09. The topological polar surface area (TPSA) is 51.7 Å². The number of piperazine rings is 1. The summed E-state index contributed by atoms with van der Waals surface area (Å²) in [5, 5.41) is 2.99. The molecule has 23 heavy (non-hydrogen) atoms. The Kier molecular flexibility index (Phi) is 5.61. The highest BCUT2D eigenvalue weighted by Gasteiger charge is 2.17. The van der Waals surface area contributed by atoms with E-state index in [1.54, 1.807) is 0 Å². The Hall–Kier alpha value is -1.47. The van der Waals surface area contributed by atoms with Crippen molar-refractivity contribution in [3.8, 4) is 0 Å². The zero-order valence-corrected chi connectivity index (χ0v) is 14.5. The van der Waals surface area contributed by atoms with Crippen LogP contribution in [0.4, 0.5) is 10.6 Å². The molecular weight excluding hydrogens is 310 g/mol. The van der Waals surface area contributed by atoms with Gasteiger partial charge in [0.2, 0.25) is 0 Å². The average molecular weight is 335 g/mol. The van der Waals surface area contributed by atoms with E-state index in [-0.39, 0.29) is 6.03 Å². The molecule has 2 aliphatic heterocycles. The first-order chi connectivity index (χ1) is 11.2. The maximum Gasteiger partial charge on any atom is 0.317 e. The lowest BCUT2D eigenvalue weighted by Crippen LogP contribution is -2.45. The summed E-state index contributed by atoms with van der Waals surface area (Å²) in [5.74, 6) is 3.10. The molecular formula is C16H25N5OS. The minimum atomic E-state index is 0.0356. The molecule has 0 atom stereocenters. The molecule has 0 aliphatic carbocycles. The number of hydrogen-bond acceptors (Lipinski definition) is 5. The molecule has 0 saturated carbocycles. The first-order valence-corrected chi connectivity index (χ1v) is 9.37. The molecule has 7 heteroatoms. The van der Waals surface area contributed by atoms with E-state index in [1.165, 1.54) is 0 Å². The van der Waals surface area contributed by atoms with Crippen LogP contribution in [0.3, 0.4) is 0 Å². The highest BCUT2D eigenvalue weighted by Crippen LogP contribution is 2.14. The van der Waals surface area contributed by atoms with Crippen molar-refractivity contribution >= 4 is 23.6 Å². The van der Waals surface area contributed by atoms with E-state index in [0.717, 1.165) is 62.2 Å². The Morgan fingerprint density at radius 1 is 1.17 bits per heavy atom. The second-order valence-electron chi connectivity index (χ2n) is 6.07. The summed E-state index contributed by atoms with van der Waals surface area (Å²) in [6.07, 6.45) is 1.87. The molecule has 0 spiro atoms. The van der Waals surface area contributed by atoms with Gasteiger partial charge in [-0.05, 0) is 18.7 Å². The molecule has 0 aromatic carbocycles. The number of rotatable bonds is 3. The van der Waals surface area contributed by atoms with Crippen LogP contribution in [0.2, 0.25) is 0 Å². The summed E-state index contributed by atoms with van der Waals surface area (Å²) < 4.78 is 0. The number of nitrogens with one attached hydrogen (secondary N) is 1. The van der Waals surface area contributed by atoms with Crippen molar-refractivity contribution in [3.05, 3.63) is 23.9 Å². The van der Waals surface area contributed by atoms with Crippen LogP contribution in [0.1, 0.15) is 5.56 Å². The summed E-state index contributed by atoms with van der Waals surface area (Å²) >= 11 is 1.91. The Morgan fingerprint density at radius 3 is 2.57 bits per heavy atom. The van der Waals surface area contributed by atoms with Gasteiger partial charge in [-0.25, -0.2) is 9.78 Å². The van der Waals surface area contributed by atoms with Gasteiger partial charge in [0, 0.05) is 63.5 Å². The van der Waals surface area contributed by atoms with Crippen LogP contribution in [0.25, 0.3) is 0 Å². The van der Waals surface area contributed by atoms with Crippen molar-refractivity contribution in [2.24, 2.45) is 0 Å². The van der Waals surface area contributed by atoms with Gasteiger partial charge in [-0.15, -0.1) is 0 Å². The fourth-order valence-corrected chi connectivity index (χ4v) is 3.70. The minimum absolute atomic E-state index is 0.0356. The van der Waals surface area contributed by atoms with Gasteiger partial charge in [-0.2, -0.15) is 11.8 Å². The summed E-state index contributed by atoms with van der Waals surface area (Å²) in [4.78, 5) is 23.2. The first kappa shape index (κ1) is 16.4. The Labute approximate surface area is 142 Å². The standard InChI is InChI=1S/C16H25N5OS/c1-19-4-6-20(7-5-19)15-3-2-14(12-17-15)13-18-16(22)21-8-10-23-11-9-21/h2-3,12H,4-11,13H2,1H3,(H,18,22).